The summed E-state index contributed by atoms with van der Waals surface area (Å²) in [5.41, 5.74) is 0.747. The van der Waals surface area contributed by atoms with Crippen LogP contribution in [-0.4, -0.2) is 0 Å². The Morgan fingerprint density at radius 1 is 0.842 bits per heavy atom. The van der Waals surface area contributed by atoms with Crippen molar-refractivity contribution >= 4 is 0 Å². The molecule has 0 aliphatic heterocycles. The van der Waals surface area contributed by atoms with Gasteiger partial charge in [0.25, 0.3) is 0 Å². The van der Waals surface area contributed by atoms with E-state index in [1.807, 2.05) is 0 Å². The van der Waals surface area contributed by atoms with Crippen molar-refractivity contribution in [3.05, 3.63) is 0 Å². The lowest BCUT2D eigenvalue weighted by molar-refractivity contribution is -0.0785. The highest BCUT2D eigenvalue weighted by molar-refractivity contribution is 5.04. The molecule has 0 N–H and O–H groups in total. The largest absolute Gasteiger partial charge is 0.0622 e. The Bertz CT molecular complexity index is 346. The van der Waals surface area contributed by atoms with Crippen LogP contribution in [0.5, 0.6) is 0 Å². The van der Waals surface area contributed by atoms with E-state index in [9.17, 15) is 0 Å². The average molecular weight is 260 g/mol. The van der Waals surface area contributed by atoms with E-state index < -0.39 is 0 Å². The minimum atomic E-state index is 0.747. The van der Waals surface area contributed by atoms with Gasteiger partial charge in [-0.15, -0.1) is 0 Å². The summed E-state index contributed by atoms with van der Waals surface area (Å²) < 4.78 is 0. The van der Waals surface area contributed by atoms with Gasteiger partial charge in [0.1, 0.15) is 0 Å². The number of hydrogen-bond donors (Lipinski definition) is 0. The highest BCUT2D eigenvalue weighted by Crippen LogP contribution is 2.63. The summed E-state index contributed by atoms with van der Waals surface area (Å²) in [5.74, 6) is 6.64. The highest BCUT2D eigenvalue weighted by Gasteiger charge is 2.55. The van der Waals surface area contributed by atoms with Crippen LogP contribution >= 0.6 is 0 Å². The molecule has 7 atom stereocenters. The minimum absolute atomic E-state index is 0.747. The molecule has 0 saturated heterocycles. The summed E-state index contributed by atoms with van der Waals surface area (Å²) in [6.07, 6.45) is 15.6. The van der Waals surface area contributed by atoms with Crippen molar-refractivity contribution in [3.8, 4) is 0 Å². The monoisotopic (exact) mass is 260 g/mol. The molecule has 19 heavy (non-hydrogen) atoms. The van der Waals surface area contributed by atoms with E-state index in [-0.39, 0.29) is 0 Å². The molecule has 0 heterocycles. The molecule has 0 spiro atoms. The first-order valence-corrected chi connectivity index (χ1v) is 9.19. The molecule has 0 heteroatoms. The second-order valence-electron chi connectivity index (χ2n) is 8.85. The van der Waals surface area contributed by atoms with Crippen LogP contribution in [0.2, 0.25) is 0 Å². The fraction of sp³-hybridized carbons (Fsp3) is 1.00. The fourth-order valence-electron chi connectivity index (χ4n) is 7.26. The molecule has 4 aliphatic carbocycles. The van der Waals surface area contributed by atoms with Crippen LogP contribution in [0.3, 0.4) is 0 Å². The summed E-state index contributed by atoms with van der Waals surface area (Å²) in [5, 5.41) is 0. The van der Waals surface area contributed by atoms with E-state index in [0.29, 0.717) is 0 Å². The summed E-state index contributed by atoms with van der Waals surface area (Å²) in [7, 11) is 0. The van der Waals surface area contributed by atoms with Crippen LogP contribution in [0.25, 0.3) is 0 Å². The topological polar surface area (TPSA) is 0 Å². The highest BCUT2D eigenvalue weighted by atomic mass is 14.6. The maximum absolute atomic E-state index is 2.64. The Hall–Kier alpha value is 0. The van der Waals surface area contributed by atoms with Crippen molar-refractivity contribution in [2.24, 2.45) is 40.9 Å². The van der Waals surface area contributed by atoms with Crippen LogP contribution in [-0.2, 0) is 0 Å². The summed E-state index contributed by atoms with van der Waals surface area (Å²) in [4.78, 5) is 0. The Morgan fingerprint density at radius 3 is 2.58 bits per heavy atom. The van der Waals surface area contributed by atoms with Gasteiger partial charge in [0.05, 0.1) is 0 Å². The lowest BCUT2D eigenvalue weighted by Gasteiger charge is -2.57. The molecular formula is C19H32. The van der Waals surface area contributed by atoms with E-state index in [2.05, 4.69) is 13.8 Å². The van der Waals surface area contributed by atoms with Crippen molar-refractivity contribution in [1.29, 1.82) is 0 Å². The van der Waals surface area contributed by atoms with Crippen molar-refractivity contribution in [2.45, 2.75) is 78.1 Å². The molecule has 0 amide bonds. The summed E-state index contributed by atoms with van der Waals surface area (Å²) >= 11 is 0. The maximum Gasteiger partial charge on any atom is -0.0295 e. The molecular weight excluding hydrogens is 228 g/mol. The molecule has 4 rings (SSSR count). The van der Waals surface area contributed by atoms with Crippen molar-refractivity contribution in [1.82, 2.24) is 0 Å². The normalized spacial score (nSPS) is 57.2. The summed E-state index contributed by atoms with van der Waals surface area (Å²) in [6, 6.07) is 0. The van der Waals surface area contributed by atoms with Gasteiger partial charge in [0.15, 0.2) is 0 Å². The lowest BCUT2D eigenvalue weighted by Crippen LogP contribution is -2.49. The van der Waals surface area contributed by atoms with Crippen molar-refractivity contribution in [3.63, 3.8) is 0 Å². The molecule has 0 aromatic rings. The van der Waals surface area contributed by atoms with Crippen LogP contribution in [0.1, 0.15) is 78.1 Å². The van der Waals surface area contributed by atoms with E-state index >= 15 is 0 Å². The Labute approximate surface area is 119 Å². The second-order valence-corrected chi connectivity index (χ2v) is 8.85. The number of rotatable bonds is 0. The fourth-order valence-corrected chi connectivity index (χ4v) is 7.26. The second kappa shape index (κ2) is 4.50. The minimum Gasteiger partial charge on any atom is -0.0622 e. The first-order valence-electron chi connectivity index (χ1n) is 9.19. The van der Waals surface area contributed by atoms with Crippen LogP contribution in [0, 0.1) is 40.9 Å². The van der Waals surface area contributed by atoms with Gasteiger partial charge in [0, 0.05) is 0 Å². The molecule has 0 aromatic carbocycles. The van der Waals surface area contributed by atoms with Crippen LogP contribution in [0.15, 0.2) is 0 Å². The third kappa shape index (κ3) is 1.84. The Balaban J connectivity index is 1.63. The SMILES string of the molecule is CC1CC2CCCCC2C2CCC3(C)CCCC3C12. The van der Waals surface area contributed by atoms with Crippen LogP contribution in [0.4, 0.5) is 0 Å². The van der Waals surface area contributed by atoms with Gasteiger partial charge in [-0.2, -0.15) is 0 Å². The summed E-state index contributed by atoms with van der Waals surface area (Å²) in [6.45, 7) is 5.26. The average Bonchev–Trinajstić information content (AvgIpc) is 2.80. The predicted octanol–water partition coefficient (Wildman–Crippen LogP) is 5.67. The molecule has 108 valence electrons. The maximum atomic E-state index is 2.64. The lowest BCUT2D eigenvalue weighted by atomic mass is 9.48. The van der Waals surface area contributed by atoms with Gasteiger partial charge in [-0.3, -0.25) is 0 Å². The molecule has 4 saturated carbocycles. The third-order valence-electron chi connectivity index (χ3n) is 8.02. The first kappa shape index (κ1) is 12.7. The zero-order valence-corrected chi connectivity index (χ0v) is 13.0. The number of hydrogen-bond acceptors (Lipinski definition) is 0. The van der Waals surface area contributed by atoms with Gasteiger partial charge in [-0.1, -0.05) is 39.5 Å². The molecule has 7 unspecified atom stereocenters. The zero-order valence-electron chi connectivity index (χ0n) is 13.0. The smallest absolute Gasteiger partial charge is 0.0295 e. The van der Waals surface area contributed by atoms with E-state index in [1.54, 1.807) is 51.4 Å². The quantitative estimate of drug-likeness (QED) is 0.527. The Kier molecular flexibility index (Phi) is 3.01. The van der Waals surface area contributed by atoms with Gasteiger partial charge in [-0.25, -0.2) is 0 Å². The third-order valence-corrected chi connectivity index (χ3v) is 8.02. The van der Waals surface area contributed by atoms with Gasteiger partial charge in [-0.05, 0) is 79.4 Å². The number of fused-ring (bicyclic) bond motifs is 5. The standard InChI is InChI=1S/C19H32/c1-13-12-14-6-3-4-7-15(14)16-9-11-19(2)10-5-8-17(19)18(13)16/h13-18H,3-12H2,1-2H3. The molecule has 0 nitrogen and oxygen atoms in total. The van der Waals surface area contributed by atoms with E-state index in [1.165, 1.54) is 12.8 Å². The van der Waals surface area contributed by atoms with Gasteiger partial charge >= 0.3 is 0 Å². The van der Waals surface area contributed by atoms with Crippen LogP contribution < -0.4 is 0 Å². The molecule has 0 radical (unpaired) electrons. The molecule has 4 fully saturated rings. The molecule has 0 aromatic heterocycles. The van der Waals surface area contributed by atoms with Gasteiger partial charge < -0.3 is 0 Å². The predicted molar refractivity (Wildman–Crippen MR) is 80.9 cm³/mol. The van der Waals surface area contributed by atoms with Crippen molar-refractivity contribution < 1.29 is 0 Å². The molecule has 4 aliphatic rings. The molecule has 0 bridgehead atoms. The van der Waals surface area contributed by atoms with E-state index in [4.69, 9.17) is 0 Å². The van der Waals surface area contributed by atoms with E-state index in [0.717, 1.165) is 40.9 Å². The van der Waals surface area contributed by atoms with Crippen molar-refractivity contribution in [2.75, 3.05) is 0 Å². The first-order chi connectivity index (χ1) is 9.19. The van der Waals surface area contributed by atoms with Gasteiger partial charge in [0.2, 0.25) is 0 Å². The Morgan fingerprint density at radius 2 is 1.68 bits per heavy atom. The zero-order chi connectivity index (χ0) is 13.0.